The maximum absolute atomic E-state index is 15.9. The number of anilines is 1. The zero-order valence-corrected chi connectivity index (χ0v) is 25.9. The predicted molar refractivity (Wildman–Crippen MR) is 165 cm³/mol. The summed E-state index contributed by atoms with van der Waals surface area (Å²) in [4.78, 5) is 25.5. The molecule has 240 valence electrons. The molecule has 3 saturated carbocycles. The van der Waals surface area contributed by atoms with Crippen LogP contribution in [-0.2, 0) is 20.9 Å². The number of aliphatic hydroxyl groups is 3. The predicted octanol–water partition coefficient (Wildman–Crippen LogP) is 4.74. The molecule has 0 saturated heterocycles. The first-order valence-electron chi connectivity index (χ1n) is 15.7. The van der Waals surface area contributed by atoms with E-state index in [9.17, 15) is 24.9 Å². The Hall–Kier alpha value is -3.37. The van der Waals surface area contributed by atoms with Gasteiger partial charge in [0, 0.05) is 22.5 Å². The number of ketones is 2. The number of aryl methyl sites for hydroxylation is 1. The van der Waals surface area contributed by atoms with E-state index in [2.05, 4.69) is 6.92 Å². The van der Waals surface area contributed by atoms with E-state index in [0.29, 0.717) is 36.3 Å². The molecular formula is C36H42FNO7. The minimum Gasteiger partial charge on any atom is -0.487 e. The highest BCUT2D eigenvalue weighted by Gasteiger charge is 2.65. The lowest BCUT2D eigenvalue weighted by Crippen LogP contribution is -2.56. The third-order valence-electron chi connectivity index (χ3n) is 11.3. The molecule has 4 aliphatic rings. The summed E-state index contributed by atoms with van der Waals surface area (Å²) in [5.74, 6) is -1.73. The molecule has 2 aromatic carbocycles. The topological polar surface area (TPSA) is 139 Å². The standard InChI is InChI=1S/C36H42FNO7/c1-19-8-9-20(18-44-28-7-5-4-6-25(28)38)33(37)30(19)34(43)45-29-15-24-23-11-10-21-14-22(40)12-13-35(21,2)31(23)26(41)16-36(24,3)32(29)27(42)17-39/h4-9,12-14,23-24,26,29,31-32,34,39,41,43H,10-11,15-18,38H2,1-3H3/t23-,24?,26-,29+,31?,32-,34+,35-,36-/m0/s1. The van der Waals surface area contributed by atoms with Crippen LogP contribution >= 0.6 is 0 Å². The van der Waals surface area contributed by atoms with Gasteiger partial charge in [-0.1, -0.05) is 49.8 Å². The number of para-hydroxylation sites is 2. The quantitative estimate of drug-likeness (QED) is 0.246. The Labute approximate surface area is 262 Å². The van der Waals surface area contributed by atoms with Gasteiger partial charge in [-0.2, -0.15) is 0 Å². The molecule has 6 rings (SSSR count). The van der Waals surface area contributed by atoms with Crippen molar-refractivity contribution in [3.05, 3.63) is 82.7 Å². The van der Waals surface area contributed by atoms with Crippen molar-refractivity contribution < 1.29 is 38.8 Å². The number of carbonyl (C=O) groups excluding carboxylic acids is 2. The van der Waals surface area contributed by atoms with Crippen molar-refractivity contribution in [2.75, 3.05) is 12.3 Å². The van der Waals surface area contributed by atoms with E-state index in [-0.39, 0.29) is 41.3 Å². The second-order valence-corrected chi connectivity index (χ2v) is 13.8. The lowest BCUT2D eigenvalue weighted by Gasteiger charge is -2.58. The van der Waals surface area contributed by atoms with Crippen molar-refractivity contribution in [1.82, 2.24) is 0 Å². The number of nitrogen functional groups attached to an aromatic ring is 1. The largest absolute Gasteiger partial charge is 0.487 e. The third-order valence-corrected chi connectivity index (χ3v) is 11.3. The average molecular weight is 620 g/mol. The van der Waals surface area contributed by atoms with E-state index >= 15 is 4.39 Å². The lowest BCUT2D eigenvalue weighted by atomic mass is 9.46. The first-order chi connectivity index (χ1) is 21.4. The van der Waals surface area contributed by atoms with Crippen LogP contribution in [0.15, 0.2) is 60.2 Å². The van der Waals surface area contributed by atoms with Crippen LogP contribution in [0.1, 0.15) is 62.5 Å². The number of nitrogens with two attached hydrogens (primary N) is 1. The molecule has 8 nitrogen and oxygen atoms in total. The molecule has 9 atom stereocenters. The van der Waals surface area contributed by atoms with E-state index in [1.807, 2.05) is 13.0 Å². The molecule has 2 unspecified atom stereocenters. The molecule has 3 fully saturated rings. The Balaban J connectivity index is 1.28. The molecule has 0 bridgehead atoms. The molecule has 2 aromatic rings. The van der Waals surface area contributed by atoms with E-state index in [1.54, 1.807) is 55.5 Å². The van der Waals surface area contributed by atoms with Crippen molar-refractivity contribution in [2.45, 2.75) is 71.6 Å². The third kappa shape index (κ3) is 5.23. The molecule has 0 radical (unpaired) electrons. The Morgan fingerprint density at radius 1 is 1.20 bits per heavy atom. The van der Waals surface area contributed by atoms with Crippen molar-refractivity contribution >= 4 is 17.3 Å². The Morgan fingerprint density at radius 3 is 2.69 bits per heavy atom. The zero-order chi connectivity index (χ0) is 32.3. The van der Waals surface area contributed by atoms with Gasteiger partial charge in [0.15, 0.2) is 17.9 Å². The Kier molecular flexibility index (Phi) is 8.27. The fraction of sp³-hybridized carbons (Fsp3) is 0.500. The van der Waals surface area contributed by atoms with Crippen molar-refractivity contribution in [2.24, 2.45) is 34.5 Å². The number of hydrogen-bond donors (Lipinski definition) is 4. The van der Waals surface area contributed by atoms with Gasteiger partial charge < -0.3 is 30.5 Å². The SMILES string of the molecule is Cc1ccc(COc2ccccc2N)c(F)c1[C@H](O)O[C@@H]1CC2[C@@H]3CCC4=CC(=O)C=C[C@]4(C)C3[C@@H](O)C[C@]2(C)[C@H]1C(=O)CO. The number of hydrogen-bond acceptors (Lipinski definition) is 8. The van der Waals surface area contributed by atoms with Crippen LogP contribution < -0.4 is 10.5 Å². The lowest BCUT2D eigenvalue weighted by molar-refractivity contribution is -0.168. The van der Waals surface area contributed by atoms with Gasteiger partial charge in [-0.3, -0.25) is 9.59 Å². The van der Waals surface area contributed by atoms with E-state index in [1.165, 1.54) is 0 Å². The van der Waals surface area contributed by atoms with Crippen LogP contribution in [0.5, 0.6) is 5.75 Å². The summed E-state index contributed by atoms with van der Waals surface area (Å²) in [7, 11) is 0. The van der Waals surface area contributed by atoms with Crippen LogP contribution in [0, 0.1) is 47.2 Å². The van der Waals surface area contributed by atoms with Crippen LogP contribution in [0.25, 0.3) is 0 Å². The molecule has 45 heavy (non-hydrogen) atoms. The number of fused-ring (bicyclic) bond motifs is 5. The van der Waals surface area contributed by atoms with Gasteiger partial charge in [0.25, 0.3) is 0 Å². The maximum atomic E-state index is 15.9. The number of ether oxygens (including phenoxy) is 2. The van der Waals surface area contributed by atoms with Crippen molar-refractivity contribution in [3.63, 3.8) is 0 Å². The minimum atomic E-state index is -1.68. The Bertz CT molecular complexity index is 1570. The zero-order valence-electron chi connectivity index (χ0n) is 25.9. The number of carbonyl (C=O) groups is 2. The maximum Gasteiger partial charge on any atom is 0.184 e. The number of benzene rings is 2. The van der Waals surface area contributed by atoms with Gasteiger partial charge in [0.1, 0.15) is 24.8 Å². The van der Waals surface area contributed by atoms with Crippen molar-refractivity contribution in [1.29, 1.82) is 0 Å². The summed E-state index contributed by atoms with van der Waals surface area (Å²) in [6.45, 7) is 4.89. The minimum absolute atomic E-state index is 0.0165. The summed E-state index contributed by atoms with van der Waals surface area (Å²) >= 11 is 0. The fourth-order valence-corrected chi connectivity index (χ4v) is 9.28. The second kappa shape index (κ2) is 11.8. The number of rotatable bonds is 8. The summed E-state index contributed by atoms with van der Waals surface area (Å²) in [5.41, 5.74) is 6.85. The number of halogens is 1. The smallest absolute Gasteiger partial charge is 0.184 e. The van der Waals surface area contributed by atoms with Gasteiger partial charge in [0.2, 0.25) is 0 Å². The first kappa shape index (κ1) is 31.6. The second-order valence-electron chi connectivity index (χ2n) is 13.8. The normalized spacial score (nSPS) is 34.4. The van der Waals surface area contributed by atoms with Crippen molar-refractivity contribution in [3.8, 4) is 5.75 Å². The van der Waals surface area contributed by atoms with Gasteiger partial charge in [-0.25, -0.2) is 4.39 Å². The number of aliphatic hydroxyl groups excluding tert-OH is 3. The Morgan fingerprint density at radius 2 is 1.96 bits per heavy atom. The van der Waals surface area contributed by atoms with E-state index in [0.717, 1.165) is 12.0 Å². The molecule has 0 spiro atoms. The molecule has 0 aromatic heterocycles. The molecule has 5 N–H and O–H groups in total. The molecule has 0 amide bonds. The molecule has 0 heterocycles. The fourth-order valence-electron chi connectivity index (χ4n) is 9.28. The molecule has 4 aliphatic carbocycles. The molecule has 9 heteroatoms. The van der Waals surface area contributed by atoms with Gasteiger partial charge in [-0.05, 0) is 79.7 Å². The van der Waals surface area contributed by atoms with Gasteiger partial charge >= 0.3 is 0 Å². The highest BCUT2D eigenvalue weighted by Crippen LogP contribution is 2.66. The van der Waals surface area contributed by atoms with Crippen LogP contribution in [0.4, 0.5) is 10.1 Å². The number of Topliss-reactive ketones (excluding diaryl/α,β-unsaturated/α-hetero) is 1. The first-order valence-corrected chi connectivity index (χ1v) is 15.7. The highest BCUT2D eigenvalue weighted by molar-refractivity contribution is 6.01. The molecule has 0 aliphatic heterocycles. The van der Waals surface area contributed by atoms with Gasteiger partial charge in [-0.15, -0.1) is 0 Å². The van der Waals surface area contributed by atoms with E-state index < -0.39 is 53.5 Å². The van der Waals surface area contributed by atoms with Crippen LogP contribution in [0.3, 0.4) is 0 Å². The summed E-state index contributed by atoms with van der Waals surface area (Å²) in [6.07, 6.45) is 4.10. The average Bonchev–Trinajstić information content (AvgIpc) is 3.28. The number of allylic oxidation sites excluding steroid dienone is 4. The summed E-state index contributed by atoms with van der Waals surface area (Å²) < 4.78 is 27.9. The highest BCUT2D eigenvalue weighted by atomic mass is 19.1. The molecular weight excluding hydrogens is 577 g/mol. The monoisotopic (exact) mass is 619 g/mol. The summed E-state index contributed by atoms with van der Waals surface area (Å²) in [5, 5.41) is 33.1. The van der Waals surface area contributed by atoms with Gasteiger partial charge in [0.05, 0.1) is 23.8 Å². The van der Waals surface area contributed by atoms with Crippen LogP contribution in [-0.4, -0.2) is 45.7 Å². The van der Waals surface area contributed by atoms with Crippen LogP contribution in [0.2, 0.25) is 0 Å². The summed E-state index contributed by atoms with van der Waals surface area (Å²) in [6, 6.07) is 10.2. The van der Waals surface area contributed by atoms with E-state index in [4.69, 9.17) is 15.2 Å².